The van der Waals surface area contributed by atoms with Crippen LogP contribution in [0.15, 0.2) is 65.9 Å². The fourth-order valence-corrected chi connectivity index (χ4v) is 3.51. The standard InChI is InChI=1S/C23H22N2O3/c1-3-28-23(27)22-16(2)25(15-18-11-9-17(14-24)10-12-18)21(26)13-20(22)19-7-5-4-6-8-19/h4-12,20H,3,13,15H2,1-2H3. The topological polar surface area (TPSA) is 70.4 Å². The molecule has 2 aromatic carbocycles. The average molecular weight is 374 g/mol. The molecule has 0 fully saturated rings. The lowest BCUT2D eigenvalue weighted by molar-refractivity contribution is -0.140. The molecule has 2 aromatic rings. The Hall–Kier alpha value is -3.39. The van der Waals surface area contributed by atoms with Crippen LogP contribution in [0.4, 0.5) is 0 Å². The Morgan fingerprint density at radius 1 is 1.18 bits per heavy atom. The third-order valence-corrected chi connectivity index (χ3v) is 4.94. The van der Waals surface area contributed by atoms with Crippen molar-refractivity contribution < 1.29 is 14.3 Å². The molecule has 0 radical (unpaired) electrons. The number of hydrogen-bond acceptors (Lipinski definition) is 4. The molecule has 1 unspecified atom stereocenters. The van der Waals surface area contributed by atoms with E-state index in [1.165, 1.54) is 0 Å². The molecule has 0 spiro atoms. The van der Waals surface area contributed by atoms with Gasteiger partial charge >= 0.3 is 5.97 Å². The van der Waals surface area contributed by atoms with Gasteiger partial charge in [-0.2, -0.15) is 5.26 Å². The van der Waals surface area contributed by atoms with E-state index in [9.17, 15) is 9.59 Å². The Labute approximate surface area is 164 Å². The maximum absolute atomic E-state index is 12.9. The number of amides is 1. The highest BCUT2D eigenvalue weighted by molar-refractivity contribution is 5.95. The van der Waals surface area contributed by atoms with Gasteiger partial charge in [0.25, 0.3) is 0 Å². The van der Waals surface area contributed by atoms with Crippen LogP contribution in [0.1, 0.15) is 42.9 Å². The summed E-state index contributed by atoms with van der Waals surface area (Å²) >= 11 is 0. The Kier molecular flexibility index (Phi) is 5.90. The summed E-state index contributed by atoms with van der Waals surface area (Å²) in [6.45, 7) is 4.19. The van der Waals surface area contributed by atoms with Crippen molar-refractivity contribution in [3.63, 3.8) is 0 Å². The molecule has 1 aliphatic rings. The summed E-state index contributed by atoms with van der Waals surface area (Å²) in [5, 5.41) is 8.94. The minimum Gasteiger partial charge on any atom is -0.463 e. The van der Waals surface area contributed by atoms with Crippen LogP contribution >= 0.6 is 0 Å². The smallest absolute Gasteiger partial charge is 0.336 e. The van der Waals surface area contributed by atoms with Gasteiger partial charge in [-0.1, -0.05) is 42.5 Å². The molecule has 1 atom stereocenters. The summed E-state index contributed by atoms with van der Waals surface area (Å²) in [4.78, 5) is 27.3. The van der Waals surface area contributed by atoms with Crippen LogP contribution in [0, 0.1) is 11.3 Å². The summed E-state index contributed by atoms with van der Waals surface area (Å²) in [5.74, 6) is -0.736. The zero-order valence-electron chi connectivity index (χ0n) is 16.0. The van der Waals surface area contributed by atoms with Crippen LogP contribution in [0.3, 0.4) is 0 Å². The van der Waals surface area contributed by atoms with Crippen LogP contribution in [-0.2, 0) is 20.9 Å². The Balaban J connectivity index is 1.99. The number of carbonyl (C=O) groups excluding carboxylic acids is 2. The highest BCUT2D eigenvalue weighted by Gasteiger charge is 2.36. The summed E-state index contributed by atoms with van der Waals surface area (Å²) in [7, 11) is 0. The number of nitrogens with zero attached hydrogens (tertiary/aromatic N) is 2. The van der Waals surface area contributed by atoms with Gasteiger partial charge in [0.15, 0.2) is 0 Å². The second-order valence-electron chi connectivity index (χ2n) is 6.68. The first-order valence-corrected chi connectivity index (χ1v) is 9.27. The fourth-order valence-electron chi connectivity index (χ4n) is 3.51. The van der Waals surface area contributed by atoms with Gasteiger partial charge in [-0.15, -0.1) is 0 Å². The van der Waals surface area contributed by atoms with Gasteiger partial charge < -0.3 is 9.64 Å². The van der Waals surface area contributed by atoms with Gasteiger partial charge in [0.1, 0.15) is 0 Å². The van der Waals surface area contributed by atoms with Crippen molar-refractivity contribution in [3.05, 3.63) is 82.6 Å². The van der Waals surface area contributed by atoms with Gasteiger partial charge in [0.2, 0.25) is 5.91 Å². The number of carbonyl (C=O) groups is 2. The van der Waals surface area contributed by atoms with Crippen molar-refractivity contribution in [1.29, 1.82) is 5.26 Å². The summed E-state index contributed by atoms with van der Waals surface area (Å²) in [6, 6.07) is 18.8. The SMILES string of the molecule is CCOC(=O)C1=C(C)N(Cc2ccc(C#N)cc2)C(=O)CC1c1ccccc1. The molecule has 142 valence electrons. The van der Waals surface area contributed by atoms with Crippen molar-refractivity contribution in [2.24, 2.45) is 0 Å². The second-order valence-corrected chi connectivity index (χ2v) is 6.68. The van der Waals surface area contributed by atoms with E-state index in [2.05, 4.69) is 6.07 Å². The van der Waals surface area contributed by atoms with Crippen LogP contribution in [-0.4, -0.2) is 23.4 Å². The van der Waals surface area contributed by atoms with Gasteiger partial charge in [-0.05, 0) is 37.1 Å². The first kappa shape index (κ1) is 19.4. The predicted octanol–water partition coefficient (Wildman–Crippen LogP) is 3.91. The molecule has 0 N–H and O–H groups in total. The molecule has 0 saturated carbocycles. The van der Waals surface area contributed by atoms with Crippen LogP contribution in [0.2, 0.25) is 0 Å². The zero-order valence-corrected chi connectivity index (χ0v) is 16.0. The predicted molar refractivity (Wildman–Crippen MR) is 105 cm³/mol. The van der Waals surface area contributed by atoms with E-state index in [-0.39, 0.29) is 30.8 Å². The van der Waals surface area contributed by atoms with E-state index in [4.69, 9.17) is 10.00 Å². The number of rotatable bonds is 5. The normalized spacial score (nSPS) is 16.7. The van der Waals surface area contributed by atoms with Crippen molar-refractivity contribution in [1.82, 2.24) is 4.90 Å². The lowest BCUT2D eigenvalue weighted by Crippen LogP contribution is -2.38. The minimum atomic E-state index is -0.383. The monoisotopic (exact) mass is 374 g/mol. The van der Waals surface area contributed by atoms with Gasteiger partial charge in [0, 0.05) is 18.0 Å². The average Bonchev–Trinajstić information content (AvgIpc) is 2.72. The third kappa shape index (κ3) is 3.96. The van der Waals surface area contributed by atoms with Crippen molar-refractivity contribution in [3.8, 4) is 6.07 Å². The minimum absolute atomic E-state index is 0.0382. The molecule has 1 heterocycles. The summed E-state index contributed by atoms with van der Waals surface area (Å²) < 4.78 is 5.30. The summed E-state index contributed by atoms with van der Waals surface area (Å²) in [5.41, 5.74) is 3.54. The maximum Gasteiger partial charge on any atom is 0.336 e. The van der Waals surface area contributed by atoms with Gasteiger partial charge in [-0.3, -0.25) is 4.79 Å². The molecule has 5 nitrogen and oxygen atoms in total. The molecular formula is C23H22N2O3. The maximum atomic E-state index is 12.9. The second kappa shape index (κ2) is 8.53. The van der Waals surface area contributed by atoms with E-state index in [0.29, 0.717) is 23.4 Å². The first-order valence-electron chi connectivity index (χ1n) is 9.27. The molecule has 5 heteroatoms. The van der Waals surface area contributed by atoms with Crippen LogP contribution in [0.5, 0.6) is 0 Å². The Morgan fingerprint density at radius 3 is 2.46 bits per heavy atom. The Morgan fingerprint density at radius 2 is 1.86 bits per heavy atom. The highest BCUT2D eigenvalue weighted by atomic mass is 16.5. The van der Waals surface area contributed by atoms with E-state index < -0.39 is 0 Å². The number of hydrogen-bond donors (Lipinski definition) is 0. The lowest BCUT2D eigenvalue weighted by Gasteiger charge is -2.34. The van der Waals surface area contributed by atoms with Crippen molar-refractivity contribution >= 4 is 11.9 Å². The van der Waals surface area contributed by atoms with Gasteiger partial charge in [-0.25, -0.2) is 4.79 Å². The number of nitriles is 1. The summed E-state index contributed by atoms with van der Waals surface area (Å²) in [6.07, 6.45) is 0.214. The highest BCUT2D eigenvalue weighted by Crippen LogP contribution is 2.37. The molecule has 1 amide bonds. The van der Waals surface area contributed by atoms with Crippen LogP contribution in [0.25, 0.3) is 0 Å². The molecule has 0 bridgehead atoms. The molecule has 3 rings (SSSR count). The van der Waals surface area contributed by atoms with E-state index in [1.54, 1.807) is 30.9 Å². The van der Waals surface area contributed by atoms with Gasteiger partial charge in [0.05, 0.1) is 30.4 Å². The molecular weight excluding hydrogens is 352 g/mol. The fraction of sp³-hybridized carbons (Fsp3) is 0.261. The molecule has 28 heavy (non-hydrogen) atoms. The van der Waals surface area contributed by atoms with Crippen molar-refractivity contribution in [2.45, 2.75) is 32.7 Å². The Bertz CT molecular complexity index is 940. The number of ether oxygens (including phenoxy) is 1. The van der Waals surface area contributed by atoms with Crippen molar-refractivity contribution in [2.75, 3.05) is 6.61 Å². The number of benzene rings is 2. The van der Waals surface area contributed by atoms with E-state index in [1.807, 2.05) is 42.5 Å². The number of esters is 1. The lowest BCUT2D eigenvalue weighted by atomic mass is 9.83. The molecule has 0 aliphatic carbocycles. The quantitative estimate of drug-likeness (QED) is 0.744. The van der Waals surface area contributed by atoms with E-state index in [0.717, 1.165) is 11.1 Å². The zero-order chi connectivity index (χ0) is 20.1. The first-order chi connectivity index (χ1) is 13.5. The van der Waals surface area contributed by atoms with Crippen LogP contribution < -0.4 is 0 Å². The molecule has 0 aromatic heterocycles. The largest absolute Gasteiger partial charge is 0.463 e. The number of allylic oxidation sites excluding steroid dienone is 1. The van der Waals surface area contributed by atoms with E-state index >= 15 is 0 Å². The molecule has 1 aliphatic heterocycles. The third-order valence-electron chi connectivity index (χ3n) is 4.94. The molecule has 0 saturated heterocycles.